The number of nitrogens with one attached hydrogen (secondary N) is 1. The van der Waals surface area contributed by atoms with E-state index in [1.807, 2.05) is 0 Å². The maximum absolute atomic E-state index is 4.66. The molecule has 1 aromatic heterocycles. The van der Waals surface area contributed by atoms with Crippen molar-refractivity contribution in [3.8, 4) is 5.69 Å². The van der Waals surface area contributed by atoms with Gasteiger partial charge in [0.15, 0.2) is 0 Å². The summed E-state index contributed by atoms with van der Waals surface area (Å²) in [7, 11) is 0. The van der Waals surface area contributed by atoms with Crippen molar-refractivity contribution in [1.82, 2.24) is 15.1 Å². The Kier molecular flexibility index (Phi) is 4.96. The minimum absolute atomic E-state index is 0.936. The molecule has 1 N–H and O–H groups in total. The van der Waals surface area contributed by atoms with E-state index in [4.69, 9.17) is 0 Å². The third-order valence-electron chi connectivity index (χ3n) is 3.73. The average Bonchev–Trinajstić information content (AvgIpc) is 2.74. The molecule has 3 heteroatoms. The largest absolute Gasteiger partial charge is 0.313 e. The molecule has 0 radical (unpaired) electrons. The summed E-state index contributed by atoms with van der Waals surface area (Å²) in [5, 5.41) is 8.08. The van der Waals surface area contributed by atoms with E-state index in [0.717, 1.165) is 30.9 Å². The highest BCUT2D eigenvalue weighted by Gasteiger charge is 2.10. The Hall–Kier alpha value is -1.61. The minimum Gasteiger partial charge on any atom is -0.313 e. The van der Waals surface area contributed by atoms with Gasteiger partial charge in [-0.25, -0.2) is 4.68 Å². The van der Waals surface area contributed by atoms with Gasteiger partial charge >= 0.3 is 0 Å². The predicted molar refractivity (Wildman–Crippen MR) is 84.4 cm³/mol. The molecular formula is C17H25N3. The molecule has 0 atom stereocenters. The Bertz CT molecular complexity index is 552. The lowest BCUT2D eigenvalue weighted by Gasteiger charge is -2.07. The fourth-order valence-electron chi connectivity index (χ4n) is 2.60. The van der Waals surface area contributed by atoms with Gasteiger partial charge in [-0.3, -0.25) is 0 Å². The number of aryl methyl sites for hydroxylation is 1. The molecular weight excluding hydrogens is 246 g/mol. The van der Waals surface area contributed by atoms with Gasteiger partial charge < -0.3 is 5.32 Å². The topological polar surface area (TPSA) is 29.9 Å². The van der Waals surface area contributed by atoms with Crippen LogP contribution in [0, 0.1) is 13.8 Å². The standard InChI is InChI=1S/C17H25N3/c1-5-11-18-12-15-7-9-16(10-8-15)20-14(4)17(6-2)13(3)19-20/h7-10,18H,5-6,11-12H2,1-4H3. The summed E-state index contributed by atoms with van der Waals surface area (Å²) >= 11 is 0. The van der Waals surface area contributed by atoms with Crippen molar-refractivity contribution >= 4 is 0 Å². The summed E-state index contributed by atoms with van der Waals surface area (Å²) < 4.78 is 2.05. The van der Waals surface area contributed by atoms with Crippen LogP contribution in [0.5, 0.6) is 0 Å². The quantitative estimate of drug-likeness (QED) is 0.814. The molecule has 1 heterocycles. The van der Waals surface area contributed by atoms with Crippen LogP contribution in [0.15, 0.2) is 24.3 Å². The van der Waals surface area contributed by atoms with Crippen LogP contribution in [0.3, 0.4) is 0 Å². The van der Waals surface area contributed by atoms with Crippen LogP contribution in [-0.4, -0.2) is 16.3 Å². The number of hydrogen-bond acceptors (Lipinski definition) is 2. The smallest absolute Gasteiger partial charge is 0.0649 e. The number of nitrogens with zero attached hydrogens (tertiary/aromatic N) is 2. The van der Waals surface area contributed by atoms with Crippen LogP contribution in [0.2, 0.25) is 0 Å². The van der Waals surface area contributed by atoms with Gasteiger partial charge in [0.2, 0.25) is 0 Å². The van der Waals surface area contributed by atoms with E-state index < -0.39 is 0 Å². The number of hydrogen-bond donors (Lipinski definition) is 1. The average molecular weight is 271 g/mol. The van der Waals surface area contributed by atoms with E-state index in [9.17, 15) is 0 Å². The summed E-state index contributed by atoms with van der Waals surface area (Å²) in [5.74, 6) is 0. The molecule has 2 aromatic rings. The lowest BCUT2D eigenvalue weighted by molar-refractivity contribution is 0.675. The van der Waals surface area contributed by atoms with Gasteiger partial charge in [-0.1, -0.05) is 26.0 Å². The van der Waals surface area contributed by atoms with Crippen LogP contribution in [0.4, 0.5) is 0 Å². The fourth-order valence-corrected chi connectivity index (χ4v) is 2.60. The molecule has 0 aliphatic rings. The Labute approximate surface area is 122 Å². The molecule has 0 bridgehead atoms. The zero-order valence-corrected chi connectivity index (χ0v) is 13.0. The summed E-state index contributed by atoms with van der Waals surface area (Å²) in [4.78, 5) is 0. The summed E-state index contributed by atoms with van der Waals surface area (Å²) in [5.41, 5.74) is 6.21. The molecule has 0 fully saturated rings. The highest BCUT2D eigenvalue weighted by molar-refractivity contribution is 5.38. The second-order valence-electron chi connectivity index (χ2n) is 5.26. The second kappa shape index (κ2) is 6.71. The molecule has 0 aliphatic carbocycles. The van der Waals surface area contributed by atoms with Gasteiger partial charge in [0.1, 0.15) is 0 Å². The van der Waals surface area contributed by atoms with E-state index in [-0.39, 0.29) is 0 Å². The summed E-state index contributed by atoms with van der Waals surface area (Å²) in [6.45, 7) is 10.6. The van der Waals surface area contributed by atoms with Crippen molar-refractivity contribution < 1.29 is 0 Å². The molecule has 1 aromatic carbocycles. The van der Waals surface area contributed by atoms with E-state index in [1.165, 1.54) is 23.2 Å². The van der Waals surface area contributed by atoms with Crippen molar-refractivity contribution in [2.24, 2.45) is 0 Å². The van der Waals surface area contributed by atoms with Gasteiger partial charge in [-0.2, -0.15) is 5.10 Å². The molecule has 2 rings (SSSR count). The molecule has 0 unspecified atom stereocenters. The SMILES string of the molecule is CCCNCc1ccc(-n2nc(C)c(CC)c2C)cc1. The Morgan fingerprint density at radius 2 is 1.80 bits per heavy atom. The van der Waals surface area contributed by atoms with Crippen LogP contribution < -0.4 is 5.32 Å². The zero-order valence-electron chi connectivity index (χ0n) is 13.0. The molecule has 0 saturated carbocycles. The monoisotopic (exact) mass is 271 g/mol. The Morgan fingerprint density at radius 3 is 2.35 bits per heavy atom. The molecule has 0 amide bonds. The maximum atomic E-state index is 4.66. The maximum Gasteiger partial charge on any atom is 0.0649 e. The third-order valence-corrected chi connectivity index (χ3v) is 3.73. The van der Waals surface area contributed by atoms with Gasteiger partial charge in [-0.05, 0) is 56.5 Å². The summed E-state index contributed by atoms with van der Waals surface area (Å²) in [6, 6.07) is 8.67. The fraction of sp³-hybridized carbons (Fsp3) is 0.471. The van der Waals surface area contributed by atoms with Gasteiger partial charge in [0, 0.05) is 12.2 Å². The van der Waals surface area contributed by atoms with Gasteiger partial charge in [0.25, 0.3) is 0 Å². The van der Waals surface area contributed by atoms with Crippen molar-refractivity contribution in [3.05, 3.63) is 46.8 Å². The first kappa shape index (κ1) is 14.8. The number of benzene rings is 1. The van der Waals surface area contributed by atoms with E-state index in [2.05, 4.69) is 67.1 Å². The molecule has 20 heavy (non-hydrogen) atoms. The van der Waals surface area contributed by atoms with Crippen LogP contribution in [-0.2, 0) is 13.0 Å². The first-order valence-corrected chi connectivity index (χ1v) is 7.52. The van der Waals surface area contributed by atoms with Crippen LogP contribution in [0.1, 0.15) is 42.8 Å². The van der Waals surface area contributed by atoms with Crippen LogP contribution in [0.25, 0.3) is 5.69 Å². The summed E-state index contributed by atoms with van der Waals surface area (Å²) in [6.07, 6.45) is 2.21. The molecule has 0 aliphatic heterocycles. The van der Waals surface area contributed by atoms with Crippen LogP contribution >= 0.6 is 0 Å². The predicted octanol–water partition coefficient (Wildman–Crippen LogP) is 3.55. The van der Waals surface area contributed by atoms with Crippen molar-refractivity contribution in [2.75, 3.05) is 6.54 Å². The van der Waals surface area contributed by atoms with Crippen molar-refractivity contribution in [2.45, 2.75) is 47.1 Å². The van der Waals surface area contributed by atoms with E-state index in [1.54, 1.807) is 0 Å². The highest BCUT2D eigenvalue weighted by atomic mass is 15.3. The molecule has 3 nitrogen and oxygen atoms in total. The third kappa shape index (κ3) is 3.10. The molecule has 0 spiro atoms. The first-order chi connectivity index (χ1) is 9.67. The number of aromatic nitrogens is 2. The lowest BCUT2D eigenvalue weighted by Crippen LogP contribution is -2.13. The Balaban J connectivity index is 2.17. The lowest BCUT2D eigenvalue weighted by atomic mass is 10.1. The van der Waals surface area contributed by atoms with E-state index >= 15 is 0 Å². The van der Waals surface area contributed by atoms with Crippen molar-refractivity contribution in [3.63, 3.8) is 0 Å². The highest BCUT2D eigenvalue weighted by Crippen LogP contribution is 2.18. The van der Waals surface area contributed by atoms with Gasteiger partial charge in [-0.15, -0.1) is 0 Å². The van der Waals surface area contributed by atoms with E-state index in [0.29, 0.717) is 0 Å². The molecule has 0 saturated heterocycles. The molecule has 108 valence electrons. The second-order valence-corrected chi connectivity index (χ2v) is 5.26. The zero-order chi connectivity index (χ0) is 14.5. The van der Waals surface area contributed by atoms with Gasteiger partial charge in [0.05, 0.1) is 11.4 Å². The normalized spacial score (nSPS) is 11.0. The Morgan fingerprint density at radius 1 is 1.10 bits per heavy atom. The van der Waals surface area contributed by atoms with Crippen molar-refractivity contribution in [1.29, 1.82) is 0 Å². The first-order valence-electron chi connectivity index (χ1n) is 7.52. The number of rotatable bonds is 6. The minimum atomic E-state index is 0.936.